The lowest BCUT2D eigenvalue weighted by molar-refractivity contribution is 0.577. The predicted octanol–water partition coefficient (Wildman–Crippen LogP) is 3.71. The quantitative estimate of drug-likeness (QED) is 0.915. The van der Waals surface area contributed by atoms with E-state index in [1.54, 1.807) is 0 Å². The summed E-state index contributed by atoms with van der Waals surface area (Å²) in [4.78, 5) is 3.98. The van der Waals surface area contributed by atoms with E-state index in [0.717, 1.165) is 18.2 Å². The van der Waals surface area contributed by atoms with Gasteiger partial charge in [0.05, 0.1) is 21.8 Å². The first-order chi connectivity index (χ1) is 8.47. The SMILES string of the molecule is NC(c1cc(F)cc(F)c1)c1ncc(Cl)cc1Cl. The fourth-order valence-electron chi connectivity index (χ4n) is 1.57. The number of benzene rings is 1. The third kappa shape index (κ3) is 2.77. The Hall–Kier alpha value is -1.23. The number of pyridine rings is 1. The summed E-state index contributed by atoms with van der Waals surface area (Å²) in [5.41, 5.74) is 6.45. The average Bonchev–Trinajstić information content (AvgIpc) is 2.26. The van der Waals surface area contributed by atoms with Gasteiger partial charge < -0.3 is 5.73 Å². The molecular weight excluding hydrogens is 281 g/mol. The molecule has 1 heterocycles. The van der Waals surface area contributed by atoms with Gasteiger partial charge in [-0.2, -0.15) is 0 Å². The molecule has 2 nitrogen and oxygen atoms in total. The molecule has 0 aliphatic carbocycles. The summed E-state index contributed by atoms with van der Waals surface area (Å²) >= 11 is 11.6. The number of rotatable bonds is 2. The molecule has 0 aliphatic rings. The summed E-state index contributed by atoms with van der Waals surface area (Å²) < 4.78 is 26.2. The Kier molecular flexibility index (Phi) is 3.80. The van der Waals surface area contributed by atoms with Gasteiger partial charge in [0.15, 0.2) is 0 Å². The van der Waals surface area contributed by atoms with Crippen LogP contribution in [-0.2, 0) is 0 Å². The fraction of sp³-hybridized carbons (Fsp3) is 0.0833. The van der Waals surface area contributed by atoms with E-state index in [-0.39, 0.29) is 10.6 Å². The molecule has 1 unspecified atom stereocenters. The molecule has 1 aromatic heterocycles. The molecule has 2 aromatic rings. The van der Waals surface area contributed by atoms with Crippen LogP contribution in [0.15, 0.2) is 30.5 Å². The van der Waals surface area contributed by atoms with Crippen molar-refractivity contribution in [1.29, 1.82) is 0 Å². The Morgan fingerprint density at radius 3 is 2.22 bits per heavy atom. The third-order valence-corrected chi connectivity index (χ3v) is 2.88. The molecular formula is C12H8Cl2F2N2. The number of nitrogens with zero attached hydrogens (tertiary/aromatic N) is 1. The van der Waals surface area contributed by atoms with Crippen LogP contribution in [0, 0.1) is 11.6 Å². The van der Waals surface area contributed by atoms with Gasteiger partial charge >= 0.3 is 0 Å². The Morgan fingerprint density at radius 1 is 1.06 bits per heavy atom. The molecule has 0 radical (unpaired) electrons. The van der Waals surface area contributed by atoms with Crippen molar-refractivity contribution >= 4 is 23.2 Å². The summed E-state index contributed by atoms with van der Waals surface area (Å²) in [6.07, 6.45) is 1.37. The molecule has 0 aliphatic heterocycles. The number of nitrogens with two attached hydrogens (primary N) is 1. The van der Waals surface area contributed by atoms with Crippen LogP contribution in [0.5, 0.6) is 0 Å². The van der Waals surface area contributed by atoms with Gasteiger partial charge in [-0.05, 0) is 23.8 Å². The van der Waals surface area contributed by atoms with Crippen LogP contribution in [0.3, 0.4) is 0 Å². The zero-order chi connectivity index (χ0) is 13.3. The predicted molar refractivity (Wildman–Crippen MR) is 66.6 cm³/mol. The third-order valence-electron chi connectivity index (χ3n) is 2.37. The normalized spacial score (nSPS) is 12.5. The molecule has 0 bridgehead atoms. The number of aromatic nitrogens is 1. The molecule has 1 aromatic carbocycles. The summed E-state index contributed by atoms with van der Waals surface area (Å²) in [6.45, 7) is 0. The molecule has 0 amide bonds. The van der Waals surface area contributed by atoms with E-state index in [2.05, 4.69) is 4.98 Å². The molecule has 0 spiro atoms. The van der Waals surface area contributed by atoms with Crippen LogP contribution in [0.4, 0.5) is 8.78 Å². The zero-order valence-electron chi connectivity index (χ0n) is 9.00. The molecule has 2 N–H and O–H groups in total. The largest absolute Gasteiger partial charge is 0.319 e. The first kappa shape index (κ1) is 13.2. The van der Waals surface area contributed by atoms with E-state index in [1.807, 2.05) is 0 Å². The molecule has 18 heavy (non-hydrogen) atoms. The molecule has 0 saturated carbocycles. The van der Waals surface area contributed by atoms with Gasteiger partial charge in [-0.15, -0.1) is 0 Å². The Bertz CT molecular complexity index is 570. The van der Waals surface area contributed by atoms with Crippen LogP contribution < -0.4 is 5.73 Å². The highest BCUT2D eigenvalue weighted by Crippen LogP contribution is 2.27. The highest BCUT2D eigenvalue weighted by atomic mass is 35.5. The van der Waals surface area contributed by atoms with Gasteiger partial charge in [0, 0.05) is 12.3 Å². The van der Waals surface area contributed by atoms with Gasteiger partial charge in [-0.25, -0.2) is 8.78 Å². The summed E-state index contributed by atoms with van der Waals surface area (Å²) in [6, 6.07) is 3.70. The first-order valence-corrected chi connectivity index (χ1v) is 5.75. The highest BCUT2D eigenvalue weighted by molar-refractivity contribution is 6.34. The second-order valence-corrected chi connectivity index (χ2v) is 4.54. The smallest absolute Gasteiger partial charge is 0.126 e. The fourth-order valence-corrected chi connectivity index (χ4v) is 2.06. The van der Waals surface area contributed by atoms with E-state index in [1.165, 1.54) is 12.3 Å². The Balaban J connectivity index is 2.44. The maximum Gasteiger partial charge on any atom is 0.126 e. The van der Waals surface area contributed by atoms with E-state index in [4.69, 9.17) is 28.9 Å². The van der Waals surface area contributed by atoms with Crippen LogP contribution in [-0.4, -0.2) is 4.98 Å². The zero-order valence-corrected chi connectivity index (χ0v) is 10.5. The number of hydrogen-bond donors (Lipinski definition) is 1. The average molecular weight is 289 g/mol. The minimum Gasteiger partial charge on any atom is -0.319 e. The van der Waals surface area contributed by atoms with Crippen LogP contribution in [0.2, 0.25) is 10.0 Å². The van der Waals surface area contributed by atoms with Gasteiger partial charge in [0.2, 0.25) is 0 Å². The Labute approximate surface area is 112 Å². The molecule has 0 fully saturated rings. The van der Waals surface area contributed by atoms with Crippen molar-refractivity contribution in [3.8, 4) is 0 Å². The lowest BCUT2D eigenvalue weighted by atomic mass is 10.0. The first-order valence-electron chi connectivity index (χ1n) is 5.00. The van der Waals surface area contributed by atoms with E-state index < -0.39 is 17.7 Å². The summed E-state index contributed by atoms with van der Waals surface area (Å²) in [5.74, 6) is -1.41. The molecule has 2 rings (SSSR count). The standard InChI is InChI=1S/C12H8Cl2F2N2/c13-7-3-10(14)12(18-5-7)11(17)6-1-8(15)4-9(16)2-6/h1-5,11H,17H2. The molecule has 0 saturated heterocycles. The van der Waals surface area contributed by atoms with Gasteiger partial charge in [-0.1, -0.05) is 23.2 Å². The maximum atomic E-state index is 13.1. The summed E-state index contributed by atoms with van der Waals surface area (Å²) in [7, 11) is 0. The monoisotopic (exact) mass is 288 g/mol. The van der Waals surface area contributed by atoms with Crippen molar-refractivity contribution in [2.45, 2.75) is 6.04 Å². The minimum atomic E-state index is -0.819. The van der Waals surface area contributed by atoms with Gasteiger partial charge in [0.1, 0.15) is 11.6 Å². The number of hydrogen-bond acceptors (Lipinski definition) is 2. The molecule has 6 heteroatoms. The second-order valence-electron chi connectivity index (χ2n) is 3.70. The van der Waals surface area contributed by atoms with Crippen molar-refractivity contribution in [2.24, 2.45) is 5.73 Å². The molecule has 1 atom stereocenters. The van der Waals surface area contributed by atoms with Crippen LogP contribution in [0.1, 0.15) is 17.3 Å². The topological polar surface area (TPSA) is 38.9 Å². The van der Waals surface area contributed by atoms with Crippen LogP contribution >= 0.6 is 23.2 Å². The van der Waals surface area contributed by atoms with Gasteiger partial charge in [0.25, 0.3) is 0 Å². The van der Waals surface area contributed by atoms with Crippen molar-refractivity contribution < 1.29 is 8.78 Å². The minimum absolute atomic E-state index is 0.250. The van der Waals surface area contributed by atoms with E-state index in [0.29, 0.717) is 10.7 Å². The molecule has 94 valence electrons. The lowest BCUT2D eigenvalue weighted by Gasteiger charge is -2.13. The van der Waals surface area contributed by atoms with Gasteiger partial charge in [-0.3, -0.25) is 4.98 Å². The second kappa shape index (κ2) is 5.18. The lowest BCUT2D eigenvalue weighted by Crippen LogP contribution is -2.14. The van der Waals surface area contributed by atoms with Crippen molar-refractivity contribution in [2.75, 3.05) is 0 Å². The van der Waals surface area contributed by atoms with Crippen molar-refractivity contribution in [3.63, 3.8) is 0 Å². The highest BCUT2D eigenvalue weighted by Gasteiger charge is 2.16. The summed E-state index contributed by atoms with van der Waals surface area (Å²) in [5, 5.41) is 0.612. The van der Waals surface area contributed by atoms with Crippen molar-refractivity contribution in [3.05, 3.63) is 63.4 Å². The van der Waals surface area contributed by atoms with E-state index >= 15 is 0 Å². The Morgan fingerprint density at radius 2 is 1.67 bits per heavy atom. The van der Waals surface area contributed by atoms with Crippen molar-refractivity contribution in [1.82, 2.24) is 4.98 Å². The number of halogens is 4. The van der Waals surface area contributed by atoms with Crippen LogP contribution in [0.25, 0.3) is 0 Å². The maximum absolute atomic E-state index is 13.1. The van der Waals surface area contributed by atoms with E-state index in [9.17, 15) is 8.78 Å².